The standard InChI is InChI=1S/C25H36O2/c1-9-24(5,6)22-16(3)11-13-20(26)18(22)15-19-21(27)14-12-17(4)23(19)25(7,8)10-2/h11-14,26-27H,9-10,15H2,1-8H3. The van der Waals surface area contributed by atoms with E-state index in [4.69, 9.17) is 0 Å². The molecule has 0 radical (unpaired) electrons. The Morgan fingerprint density at radius 1 is 0.667 bits per heavy atom. The summed E-state index contributed by atoms with van der Waals surface area (Å²) in [6, 6.07) is 7.58. The molecule has 2 aromatic carbocycles. The predicted octanol–water partition coefficient (Wildman–Crippen LogP) is 6.68. The molecule has 2 nitrogen and oxygen atoms in total. The molecule has 0 saturated heterocycles. The van der Waals surface area contributed by atoms with Gasteiger partial charge in [-0.05, 0) is 71.9 Å². The van der Waals surface area contributed by atoms with Gasteiger partial charge >= 0.3 is 0 Å². The summed E-state index contributed by atoms with van der Waals surface area (Å²) in [6.45, 7) is 17.5. The van der Waals surface area contributed by atoms with E-state index in [-0.39, 0.29) is 10.8 Å². The average Bonchev–Trinajstić information content (AvgIpc) is 2.60. The van der Waals surface area contributed by atoms with Crippen LogP contribution in [0.5, 0.6) is 11.5 Å². The first-order valence-electron chi connectivity index (χ1n) is 10.1. The summed E-state index contributed by atoms with van der Waals surface area (Å²) < 4.78 is 0. The molecule has 0 aliphatic carbocycles. The zero-order valence-corrected chi connectivity index (χ0v) is 18.3. The minimum absolute atomic E-state index is 0.0436. The lowest BCUT2D eigenvalue weighted by Gasteiger charge is -2.32. The molecule has 0 heterocycles. The lowest BCUT2D eigenvalue weighted by molar-refractivity contribution is 0.444. The van der Waals surface area contributed by atoms with E-state index in [1.54, 1.807) is 12.1 Å². The third-order valence-corrected chi connectivity index (χ3v) is 6.47. The smallest absolute Gasteiger partial charge is 0.119 e. The van der Waals surface area contributed by atoms with E-state index in [0.717, 1.165) is 24.0 Å². The van der Waals surface area contributed by atoms with E-state index in [1.807, 2.05) is 12.1 Å². The summed E-state index contributed by atoms with van der Waals surface area (Å²) in [6.07, 6.45) is 2.51. The predicted molar refractivity (Wildman–Crippen MR) is 115 cm³/mol. The number of hydrogen-bond donors (Lipinski definition) is 2. The van der Waals surface area contributed by atoms with Crippen LogP contribution < -0.4 is 0 Å². The number of benzene rings is 2. The first-order valence-corrected chi connectivity index (χ1v) is 10.1. The van der Waals surface area contributed by atoms with Crippen molar-refractivity contribution in [2.75, 3.05) is 0 Å². The number of rotatable bonds is 6. The fraction of sp³-hybridized carbons (Fsp3) is 0.520. The second-order valence-corrected chi connectivity index (χ2v) is 9.16. The minimum Gasteiger partial charge on any atom is -0.508 e. The molecule has 27 heavy (non-hydrogen) atoms. The Morgan fingerprint density at radius 2 is 1.00 bits per heavy atom. The number of phenolic OH excluding ortho intramolecular Hbond substituents is 2. The Kier molecular flexibility index (Phi) is 5.99. The molecule has 0 fully saturated rings. The first kappa shape index (κ1) is 21.3. The molecule has 0 unspecified atom stereocenters. The second-order valence-electron chi connectivity index (χ2n) is 9.16. The van der Waals surface area contributed by atoms with Gasteiger partial charge in [-0.2, -0.15) is 0 Å². The van der Waals surface area contributed by atoms with Crippen LogP contribution in [0, 0.1) is 13.8 Å². The van der Waals surface area contributed by atoms with Crippen LogP contribution in [0.2, 0.25) is 0 Å². The molecular weight excluding hydrogens is 332 g/mol. The number of aryl methyl sites for hydroxylation is 2. The average molecular weight is 369 g/mol. The molecule has 0 aliphatic heterocycles. The fourth-order valence-corrected chi connectivity index (χ4v) is 4.28. The van der Waals surface area contributed by atoms with Gasteiger partial charge in [0.25, 0.3) is 0 Å². The molecule has 0 amide bonds. The van der Waals surface area contributed by atoms with Gasteiger partial charge in [-0.3, -0.25) is 0 Å². The molecule has 0 bridgehead atoms. The van der Waals surface area contributed by atoms with E-state index < -0.39 is 0 Å². The van der Waals surface area contributed by atoms with Gasteiger partial charge in [-0.25, -0.2) is 0 Å². The normalized spacial score (nSPS) is 12.4. The molecule has 148 valence electrons. The van der Waals surface area contributed by atoms with E-state index in [1.165, 1.54) is 22.3 Å². The lowest BCUT2D eigenvalue weighted by atomic mass is 9.73. The Bertz CT molecular complexity index is 759. The molecular formula is C25H36O2. The number of aromatic hydroxyl groups is 2. The van der Waals surface area contributed by atoms with Crippen molar-refractivity contribution >= 4 is 0 Å². The summed E-state index contributed by atoms with van der Waals surface area (Å²) in [7, 11) is 0. The maximum atomic E-state index is 10.8. The maximum Gasteiger partial charge on any atom is 0.119 e. The Balaban J connectivity index is 2.77. The van der Waals surface area contributed by atoms with Crippen LogP contribution in [0.4, 0.5) is 0 Å². The van der Waals surface area contributed by atoms with Crippen molar-refractivity contribution in [3.63, 3.8) is 0 Å². The van der Waals surface area contributed by atoms with Crippen LogP contribution in [-0.2, 0) is 17.3 Å². The van der Waals surface area contributed by atoms with Crippen molar-refractivity contribution in [1.29, 1.82) is 0 Å². The second kappa shape index (κ2) is 7.58. The monoisotopic (exact) mass is 368 g/mol. The van der Waals surface area contributed by atoms with E-state index in [0.29, 0.717) is 17.9 Å². The van der Waals surface area contributed by atoms with E-state index in [9.17, 15) is 10.2 Å². The quantitative estimate of drug-likeness (QED) is 0.597. The third kappa shape index (κ3) is 4.00. The summed E-state index contributed by atoms with van der Waals surface area (Å²) in [5, 5.41) is 21.5. The van der Waals surface area contributed by atoms with E-state index >= 15 is 0 Å². The fourth-order valence-electron chi connectivity index (χ4n) is 4.28. The van der Waals surface area contributed by atoms with Gasteiger partial charge in [0.05, 0.1) is 0 Å². The van der Waals surface area contributed by atoms with Crippen molar-refractivity contribution in [1.82, 2.24) is 0 Å². The maximum absolute atomic E-state index is 10.8. The number of phenols is 2. The van der Waals surface area contributed by atoms with Crippen molar-refractivity contribution in [2.45, 2.75) is 85.5 Å². The van der Waals surface area contributed by atoms with Crippen LogP contribution in [0.25, 0.3) is 0 Å². The van der Waals surface area contributed by atoms with Crippen molar-refractivity contribution in [3.05, 3.63) is 57.6 Å². The highest BCUT2D eigenvalue weighted by molar-refractivity contribution is 5.55. The van der Waals surface area contributed by atoms with Crippen molar-refractivity contribution in [2.24, 2.45) is 0 Å². The summed E-state index contributed by atoms with van der Waals surface area (Å²) in [4.78, 5) is 0. The molecule has 0 aliphatic rings. The van der Waals surface area contributed by atoms with Gasteiger partial charge in [-0.15, -0.1) is 0 Å². The summed E-state index contributed by atoms with van der Waals surface area (Å²) in [5.41, 5.74) is 6.58. The highest BCUT2D eigenvalue weighted by Gasteiger charge is 2.29. The zero-order valence-electron chi connectivity index (χ0n) is 18.3. The summed E-state index contributed by atoms with van der Waals surface area (Å²) in [5.74, 6) is 0.636. The van der Waals surface area contributed by atoms with Gasteiger partial charge in [0, 0.05) is 17.5 Å². The van der Waals surface area contributed by atoms with Crippen LogP contribution >= 0.6 is 0 Å². The Hall–Kier alpha value is -1.96. The van der Waals surface area contributed by atoms with Gasteiger partial charge in [0.2, 0.25) is 0 Å². The topological polar surface area (TPSA) is 40.5 Å². The van der Waals surface area contributed by atoms with Crippen molar-refractivity contribution < 1.29 is 10.2 Å². The SMILES string of the molecule is CCC(C)(C)c1c(C)ccc(O)c1Cc1c(O)ccc(C)c1C(C)(C)CC. The first-order chi connectivity index (χ1) is 12.5. The molecule has 0 atom stereocenters. The molecule has 2 aromatic rings. The minimum atomic E-state index is -0.0436. The third-order valence-electron chi connectivity index (χ3n) is 6.47. The molecule has 0 saturated carbocycles. The molecule has 0 spiro atoms. The highest BCUT2D eigenvalue weighted by atomic mass is 16.3. The lowest BCUT2D eigenvalue weighted by Crippen LogP contribution is -2.22. The summed E-state index contributed by atoms with van der Waals surface area (Å²) >= 11 is 0. The Labute approximate surface area is 165 Å². The van der Waals surface area contributed by atoms with Crippen LogP contribution in [-0.4, -0.2) is 10.2 Å². The van der Waals surface area contributed by atoms with E-state index in [2.05, 4.69) is 55.4 Å². The van der Waals surface area contributed by atoms with Crippen LogP contribution in [0.3, 0.4) is 0 Å². The molecule has 2 N–H and O–H groups in total. The van der Waals surface area contributed by atoms with Crippen LogP contribution in [0.1, 0.15) is 87.8 Å². The Morgan fingerprint density at radius 3 is 1.30 bits per heavy atom. The largest absolute Gasteiger partial charge is 0.508 e. The number of hydrogen-bond acceptors (Lipinski definition) is 2. The van der Waals surface area contributed by atoms with Gasteiger partial charge < -0.3 is 10.2 Å². The molecule has 2 heteroatoms. The van der Waals surface area contributed by atoms with Crippen molar-refractivity contribution in [3.8, 4) is 11.5 Å². The van der Waals surface area contributed by atoms with Gasteiger partial charge in [0.1, 0.15) is 11.5 Å². The molecule has 2 rings (SSSR count). The molecule has 0 aromatic heterocycles. The van der Waals surface area contributed by atoms with Gasteiger partial charge in [-0.1, -0.05) is 53.7 Å². The van der Waals surface area contributed by atoms with Crippen LogP contribution in [0.15, 0.2) is 24.3 Å². The zero-order chi connectivity index (χ0) is 20.6. The van der Waals surface area contributed by atoms with Gasteiger partial charge in [0.15, 0.2) is 0 Å². The highest BCUT2D eigenvalue weighted by Crippen LogP contribution is 2.42.